The van der Waals surface area contributed by atoms with Crippen molar-refractivity contribution in [2.24, 2.45) is 0 Å². The summed E-state index contributed by atoms with van der Waals surface area (Å²) >= 11 is 0. The molecular weight excluding hydrogens is 339 g/mol. The minimum atomic E-state index is -4.47. The molecule has 0 atom stereocenters. The van der Waals surface area contributed by atoms with Gasteiger partial charge in [-0.3, -0.25) is 14.5 Å². The maximum atomic E-state index is 12.9. The SMILES string of the molecule is O=C1CNC(=O)N1CCNC(=O)C1(c2cccc(C(F)(F)F)c2)CC1. The van der Waals surface area contributed by atoms with Gasteiger partial charge in [-0.2, -0.15) is 13.2 Å². The van der Waals surface area contributed by atoms with Crippen molar-refractivity contribution in [2.75, 3.05) is 19.6 Å². The summed E-state index contributed by atoms with van der Waals surface area (Å²) < 4.78 is 38.6. The second kappa shape index (κ2) is 6.05. The van der Waals surface area contributed by atoms with Gasteiger partial charge in [0.1, 0.15) is 0 Å². The Labute approximate surface area is 141 Å². The lowest BCUT2D eigenvalue weighted by Crippen LogP contribution is -2.42. The quantitative estimate of drug-likeness (QED) is 0.784. The summed E-state index contributed by atoms with van der Waals surface area (Å²) in [6.45, 7) is 0.00866. The fourth-order valence-electron chi connectivity index (χ4n) is 2.90. The molecule has 0 spiro atoms. The van der Waals surface area contributed by atoms with Crippen LogP contribution in [0.3, 0.4) is 0 Å². The molecule has 1 saturated heterocycles. The van der Waals surface area contributed by atoms with Crippen molar-refractivity contribution in [1.82, 2.24) is 15.5 Å². The molecule has 0 unspecified atom stereocenters. The average molecular weight is 355 g/mol. The first-order valence-corrected chi connectivity index (χ1v) is 7.78. The van der Waals surface area contributed by atoms with E-state index in [-0.39, 0.29) is 31.4 Å². The van der Waals surface area contributed by atoms with Gasteiger partial charge in [-0.1, -0.05) is 18.2 Å². The number of carbonyl (C=O) groups is 3. The Morgan fingerprint density at radius 3 is 2.56 bits per heavy atom. The van der Waals surface area contributed by atoms with E-state index in [1.807, 2.05) is 0 Å². The summed E-state index contributed by atoms with van der Waals surface area (Å²) in [6.07, 6.45) is -3.54. The summed E-state index contributed by atoms with van der Waals surface area (Å²) in [5.74, 6) is -0.767. The molecule has 0 radical (unpaired) electrons. The standard InChI is InChI=1S/C16H16F3N3O3/c17-16(18,19)11-3-1-2-10(8-11)15(4-5-15)13(24)20-6-7-22-12(23)9-21-14(22)25/h1-3,8H,4-7,9H2,(H,20,24)(H,21,25). The number of rotatable bonds is 5. The number of nitrogens with zero attached hydrogens (tertiary/aromatic N) is 1. The van der Waals surface area contributed by atoms with Crippen molar-refractivity contribution < 1.29 is 27.6 Å². The van der Waals surface area contributed by atoms with E-state index >= 15 is 0 Å². The van der Waals surface area contributed by atoms with Crippen LogP contribution in [0.2, 0.25) is 0 Å². The molecule has 2 fully saturated rings. The minimum absolute atomic E-state index is 0.0229. The summed E-state index contributed by atoms with van der Waals surface area (Å²) in [5.41, 5.74) is -1.42. The van der Waals surface area contributed by atoms with Crippen molar-refractivity contribution >= 4 is 17.8 Å². The largest absolute Gasteiger partial charge is 0.416 e. The Kier molecular flexibility index (Phi) is 4.18. The summed E-state index contributed by atoms with van der Waals surface area (Å²) in [6, 6.07) is 4.26. The molecule has 2 N–H and O–H groups in total. The molecule has 1 saturated carbocycles. The van der Waals surface area contributed by atoms with Crippen LogP contribution in [0.1, 0.15) is 24.0 Å². The van der Waals surface area contributed by atoms with Crippen LogP contribution in [0.25, 0.3) is 0 Å². The van der Waals surface area contributed by atoms with Crippen molar-refractivity contribution in [1.29, 1.82) is 0 Å². The monoisotopic (exact) mass is 355 g/mol. The molecule has 3 rings (SSSR count). The van der Waals surface area contributed by atoms with Gasteiger partial charge < -0.3 is 10.6 Å². The molecule has 134 valence electrons. The first-order valence-electron chi connectivity index (χ1n) is 7.78. The Bertz CT molecular complexity index is 713. The van der Waals surface area contributed by atoms with Gasteiger partial charge in [-0.15, -0.1) is 0 Å². The molecular formula is C16H16F3N3O3. The van der Waals surface area contributed by atoms with Gasteiger partial charge in [0.25, 0.3) is 0 Å². The van der Waals surface area contributed by atoms with E-state index in [4.69, 9.17) is 0 Å². The molecule has 4 amide bonds. The molecule has 1 aromatic rings. The maximum Gasteiger partial charge on any atom is 0.416 e. The Morgan fingerprint density at radius 2 is 2.00 bits per heavy atom. The number of imide groups is 1. The number of urea groups is 1. The number of carbonyl (C=O) groups excluding carboxylic acids is 3. The molecule has 1 heterocycles. The lowest BCUT2D eigenvalue weighted by atomic mass is 9.93. The van der Waals surface area contributed by atoms with E-state index in [1.165, 1.54) is 12.1 Å². The number of alkyl halides is 3. The van der Waals surface area contributed by atoms with Crippen LogP contribution in [0, 0.1) is 0 Å². The zero-order valence-corrected chi connectivity index (χ0v) is 13.2. The highest BCUT2D eigenvalue weighted by atomic mass is 19.4. The molecule has 0 bridgehead atoms. The van der Waals surface area contributed by atoms with E-state index in [1.54, 1.807) is 0 Å². The lowest BCUT2D eigenvalue weighted by molar-refractivity contribution is -0.137. The van der Waals surface area contributed by atoms with Crippen molar-refractivity contribution in [3.8, 4) is 0 Å². The third-order valence-corrected chi connectivity index (χ3v) is 4.49. The van der Waals surface area contributed by atoms with Crippen LogP contribution in [0.5, 0.6) is 0 Å². The van der Waals surface area contributed by atoms with Crippen LogP contribution in [0.15, 0.2) is 24.3 Å². The molecule has 1 aliphatic carbocycles. The van der Waals surface area contributed by atoms with Gasteiger partial charge >= 0.3 is 12.2 Å². The van der Waals surface area contributed by atoms with E-state index < -0.39 is 23.2 Å². The van der Waals surface area contributed by atoms with Gasteiger partial charge in [-0.05, 0) is 24.5 Å². The predicted molar refractivity (Wildman–Crippen MR) is 80.5 cm³/mol. The predicted octanol–water partition coefficient (Wildman–Crippen LogP) is 1.41. The number of hydrogen-bond donors (Lipinski definition) is 2. The average Bonchev–Trinajstić information content (AvgIpc) is 3.31. The van der Waals surface area contributed by atoms with Crippen molar-refractivity contribution in [2.45, 2.75) is 24.4 Å². The Morgan fingerprint density at radius 1 is 1.28 bits per heavy atom. The second-order valence-electron chi connectivity index (χ2n) is 6.12. The molecule has 0 aromatic heterocycles. The van der Waals surface area contributed by atoms with E-state index in [2.05, 4.69) is 10.6 Å². The fraction of sp³-hybridized carbons (Fsp3) is 0.438. The maximum absolute atomic E-state index is 12.9. The molecule has 1 aromatic carbocycles. The summed E-state index contributed by atoms with van der Waals surface area (Å²) in [4.78, 5) is 36.3. The zero-order chi connectivity index (χ0) is 18.2. The number of amides is 4. The minimum Gasteiger partial charge on any atom is -0.354 e. The smallest absolute Gasteiger partial charge is 0.354 e. The Balaban J connectivity index is 1.64. The van der Waals surface area contributed by atoms with Crippen molar-refractivity contribution in [3.05, 3.63) is 35.4 Å². The lowest BCUT2D eigenvalue weighted by Gasteiger charge is -2.19. The van der Waals surface area contributed by atoms with Crippen molar-refractivity contribution in [3.63, 3.8) is 0 Å². The number of halogens is 3. The highest BCUT2D eigenvalue weighted by Gasteiger charge is 2.51. The third kappa shape index (κ3) is 3.31. The first-order chi connectivity index (χ1) is 11.7. The molecule has 6 nitrogen and oxygen atoms in total. The number of nitrogens with one attached hydrogen (secondary N) is 2. The van der Waals surface area contributed by atoms with Crippen LogP contribution >= 0.6 is 0 Å². The second-order valence-corrected chi connectivity index (χ2v) is 6.12. The number of hydrogen-bond acceptors (Lipinski definition) is 3. The van der Waals surface area contributed by atoms with E-state index in [9.17, 15) is 27.6 Å². The normalized spacial score (nSPS) is 18.9. The van der Waals surface area contributed by atoms with E-state index in [0.717, 1.165) is 17.0 Å². The Hall–Kier alpha value is -2.58. The summed E-state index contributed by atoms with van der Waals surface area (Å²) in [5, 5.41) is 4.98. The highest BCUT2D eigenvalue weighted by Crippen LogP contribution is 2.49. The molecule has 9 heteroatoms. The topological polar surface area (TPSA) is 78.5 Å². The van der Waals surface area contributed by atoms with Gasteiger partial charge in [0.2, 0.25) is 11.8 Å². The van der Waals surface area contributed by atoms with Gasteiger partial charge in [0, 0.05) is 13.1 Å². The highest BCUT2D eigenvalue weighted by molar-refractivity contribution is 6.02. The van der Waals surface area contributed by atoms with Crippen LogP contribution in [0.4, 0.5) is 18.0 Å². The molecule has 2 aliphatic rings. The van der Waals surface area contributed by atoms with Crippen LogP contribution in [-0.4, -0.2) is 42.4 Å². The zero-order valence-electron chi connectivity index (χ0n) is 13.2. The first kappa shape index (κ1) is 17.2. The van der Waals surface area contributed by atoms with Crippen LogP contribution < -0.4 is 10.6 Å². The fourth-order valence-corrected chi connectivity index (χ4v) is 2.90. The van der Waals surface area contributed by atoms with Gasteiger partial charge in [0.05, 0.1) is 17.5 Å². The molecule has 25 heavy (non-hydrogen) atoms. The molecule has 1 aliphatic heterocycles. The third-order valence-electron chi connectivity index (χ3n) is 4.49. The van der Waals surface area contributed by atoms with Crippen LogP contribution in [-0.2, 0) is 21.2 Å². The van der Waals surface area contributed by atoms with Gasteiger partial charge in [0.15, 0.2) is 0 Å². The summed E-state index contributed by atoms with van der Waals surface area (Å²) in [7, 11) is 0. The number of benzene rings is 1. The van der Waals surface area contributed by atoms with Gasteiger partial charge in [-0.25, -0.2) is 4.79 Å². The van der Waals surface area contributed by atoms with E-state index in [0.29, 0.717) is 18.4 Å².